The number of carbonyl (C=O) groups excluding carboxylic acids is 2. The molecule has 0 saturated carbocycles. The average Bonchev–Trinajstić information content (AvgIpc) is 2.92. The first-order valence-electron chi connectivity index (χ1n) is 8.91. The van der Waals surface area contributed by atoms with Gasteiger partial charge in [0.25, 0.3) is 11.7 Å². The highest BCUT2D eigenvalue weighted by Crippen LogP contribution is 2.31. The number of Topliss-reactive ketones (excluding diaryl/α,β-unsaturated/α-hetero) is 1. The third-order valence-electron chi connectivity index (χ3n) is 4.72. The molecule has 0 aliphatic carbocycles. The van der Waals surface area contributed by atoms with Crippen molar-refractivity contribution < 1.29 is 14.3 Å². The molecule has 0 aromatic heterocycles. The van der Waals surface area contributed by atoms with Crippen molar-refractivity contribution in [2.24, 2.45) is 0 Å². The monoisotopic (exact) mass is 423 g/mol. The zero-order valence-corrected chi connectivity index (χ0v) is 16.2. The number of anilines is 1. The highest BCUT2D eigenvalue weighted by molar-refractivity contribution is 9.10. The maximum atomic E-state index is 12.2. The summed E-state index contributed by atoms with van der Waals surface area (Å²) in [5.41, 5.74) is 1.17. The Morgan fingerprint density at radius 1 is 0.926 bits per heavy atom. The molecule has 0 unspecified atom stereocenters. The zero-order chi connectivity index (χ0) is 18.8. The van der Waals surface area contributed by atoms with Gasteiger partial charge in [-0.3, -0.25) is 9.59 Å². The van der Waals surface area contributed by atoms with Gasteiger partial charge in [-0.05, 0) is 42.5 Å². The summed E-state index contributed by atoms with van der Waals surface area (Å²) in [7, 11) is 0. The summed E-state index contributed by atoms with van der Waals surface area (Å²) < 4.78 is 6.74. The fraction of sp³-hybridized carbons (Fsp3) is 0.182. The van der Waals surface area contributed by atoms with Gasteiger partial charge in [0.05, 0.1) is 17.9 Å². The molecule has 27 heavy (non-hydrogen) atoms. The summed E-state index contributed by atoms with van der Waals surface area (Å²) in [5.74, 6) is -0.00732. The van der Waals surface area contributed by atoms with Gasteiger partial charge in [-0.25, -0.2) is 0 Å². The van der Waals surface area contributed by atoms with E-state index < -0.39 is 11.7 Å². The number of carbonyl (C=O) groups is 2. The number of ketones is 1. The Balaban J connectivity index is 1.34. The van der Waals surface area contributed by atoms with Crippen molar-refractivity contribution in [1.82, 2.24) is 0 Å². The molecular formula is C22H18BrNO3. The van der Waals surface area contributed by atoms with E-state index in [2.05, 4.69) is 28.1 Å². The number of hydrogen-bond acceptors (Lipinski definition) is 3. The molecular weight excluding hydrogens is 406 g/mol. The second-order valence-electron chi connectivity index (χ2n) is 6.48. The number of unbranched alkanes of at least 4 members (excludes halogenated alkanes) is 1. The molecule has 0 N–H and O–H groups in total. The zero-order valence-electron chi connectivity index (χ0n) is 14.7. The van der Waals surface area contributed by atoms with Gasteiger partial charge < -0.3 is 9.64 Å². The summed E-state index contributed by atoms with van der Waals surface area (Å²) in [6.45, 7) is 1.08. The fourth-order valence-electron chi connectivity index (χ4n) is 3.37. The number of benzene rings is 3. The molecule has 0 bridgehead atoms. The van der Waals surface area contributed by atoms with E-state index in [9.17, 15) is 9.59 Å². The number of hydrogen-bond donors (Lipinski definition) is 0. The smallest absolute Gasteiger partial charge is 0.299 e. The molecule has 0 fully saturated rings. The maximum absolute atomic E-state index is 12.2. The van der Waals surface area contributed by atoms with Crippen LogP contribution in [-0.2, 0) is 4.79 Å². The Labute approximate surface area is 165 Å². The topological polar surface area (TPSA) is 46.6 Å². The SMILES string of the molecule is O=C1C(=O)N(CCCCOc2cccc3ccccc23)c2ccc(Br)cc21. The molecule has 3 aromatic rings. The number of nitrogens with zero attached hydrogens (tertiary/aromatic N) is 1. The van der Waals surface area contributed by atoms with Crippen LogP contribution in [-0.4, -0.2) is 24.8 Å². The van der Waals surface area contributed by atoms with Crippen LogP contribution in [0.4, 0.5) is 5.69 Å². The van der Waals surface area contributed by atoms with Crippen molar-refractivity contribution in [3.63, 3.8) is 0 Å². The lowest BCUT2D eigenvalue weighted by molar-refractivity contribution is -0.114. The van der Waals surface area contributed by atoms with Gasteiger partial charge in [-0.15, -0.1) is 0 Å². The van der Waals surface area contributed by atoms with E-state index in [1.807, 2.05) is 42.5 Å². The van der Waals surface area contributed by atoms with Gasteiger partial charge in [0.15, 0.2) is 0 Å². The van der Waals surface area contributed by atoms with Crippen LogP contribution in [0.15, 0.2) is 65.1 Å². The van der Waals surface area contributed by atoms with Crippen molar-refractivity contribution in [2.75, 3.05) is 18.1 Å². The minimum absolute atomic E-state index is 0.432. The van der Waals surface area contributed by atoms with Crippen molar-refractivity contribution >= 4 is 44.1 Å². The number of ether oxygens (including phenoxy) is 1. The largest absolute Gasteiger partial charge is 0.493 e. The molecule has 4 rings (SSSR count). The standard InChI is InChI=1S/C22H18BrNO3/c23-16-10-11-19-18(14-16)21(25)22(26)24(19)12-3-4-13-27-20-9-5-7-15-6-1-2-8-17(15)20/h1-2,5-11,14H,3-4,12-13H2. The van der Waals surface area contributed by atoms with E-state index in [1.165, 1.54) is 0 Å². The summed E-state index contributed by atoms with van der Waals surface area (Å²) in [5, 5.41) is 2.25. The second-order valence-corrected chi connectivity index (χ2v) is 7.40. The Bertz CT molecular complexity index is 1030. The van der Waals surface area contributed by atoms with Gasteiger partial charge in [0.1, 0.15) is 5.75 Å². The third kappa shape index (κ3) is 3.47. The molecule has 3 aromatic carbocycles. The van der Waals surface area contributed by atoms with Gasteiger partial charge in [0, 0.05) is 16.4 Å². The van der Waals surface area contributed by atoms with Gasteiger partial charge >= 0.3 is 0 Å². The Morgan fingerprint density at radius 2 is 1.74 bits per heavy atom. The Kier molecular flexibility index (Phi) is 4.94. The molecule has 0 spiro atoms. The van der Waals surface area contributed by atoms with Crippen LogP contribution in [0.3, 0.4) is 0 Å². The van der Waals surface area contributed by atoms with Crippen LogP contribution in [0.2, 0.25) is 0 Å². The quantitative estimate of drug-likeness (QED) is 0.414. The molecule has 136 valence electrons. The first-order chi connectivity index (χ1) is 13.1. The molecule has 0 atom stereocenters. The molecule has 1 aliphatic rings. The molecule has 0 saturated heterocycles. The number of fused-ring (bicyclic) bond motifs is 2. The predicted octanol–water partition coefficient (Wildman–Crippen LogP) is 4.99. The van der Waals surface area contributed by atoms with E-state index in [1.54, 1.807) is 11.0 Å². The fourth-order valence-corrected chi connectivity index (χ4v) is 3.73. The van der Waals surface area contributed by atoms with E-state index in [-0.39, 0.29) is 0 Å². The molecule has 1 heterocycles. The first kappa shape index (κ1) is 17.7. The minimum Gasteiger partial charge on any atom is -0.493 e. The van der Waals surface area contributed by atoms with Crippen molar-refractivity contribution in [2.45, 2.75) is 12.8 Å². The van der Waals surface area contributed by atoms with Crippen LogP contribution in [0.25, 0.3) is 10.8 Å². The summed E-state index contributed by atoms with van der Waals surface area (Å²) in [4.78, 5) is 25.9. The summed E-state index contributed by atoms with van der Waals surface area (Å²) in [6, 6.07) is 19.5. The molecule has 1 aliphatic heterocycles. The van der Waals surface area contributed by atoms with Gasteiger partial charge in [-0.2, -0.15) is 0 Å². The lowest BCUT2D eigenvalue weighted by atomic mass is 10.1. The molecule has 5 heteroatoms. The molecule has 0 radical (unpaired) electrons. The van der Waals surface area contributed by atoms with Crippen LogP contribution in [0, 0.1) is 0 Å². The van der Waals surface area contributed by atoms with E-state index in [0.717, 1.165) is 33.8 Å². The lowest BCUT2D eigenvalue weighted by Gasteiger charge is -2.16. The normalized spacial score (nSPS) is 13.3. The highest BCUT2D eigenvalue weighted by Gasteiger charge is 2.35. The Morgan fingerprint density at radius 3 is 2.63 bits per heavy atom. The van der Waals surface area contributed by atoms with Gasteiger partial charge in [-0.1, -0.05) is 52.3 Å². The molecule has 1 amide bonds. The molecule has 4 nitrogen and oxygen atoms in total. The van der Waals surface area contributed by atoms with Crippen molar-refractivity contribution in [3.8, 4) is 5.75 Å². The number of halogens is 1. The first-order valence-corrected chi connectivity index (χ1v) is 9.71. The van der Waals surface area contributed by atoms with Crippen LogP contribution in [0.5, 0.6) is 5.75 Å². The van der Waals surface area contributed by atoms with Crippen LogP contribution in [0.1, 0.15) is 23.2 Å². The highest BCUT2D eigenvalue weighted by atomic mass is 79.9. The number of rotatable bonds is 6. The van der Waals surface area contributed by atoms with Crippen LogP contribution < -0.4 is 9.64 Å². The van der Waals surface area contributed by atoms with E-state index >= 15 is 0 Å². The lowest BCUT2D eigenvalue weighted by Crippen LogP contribution is -2.30. The maximum Gasteiger partial charge on any atom is 0.299 e. The van der Waals surface area contributed by atoms with Crippen molar-refractivity contribution in [3.05, 3.63) is 70.7 Å². The van der Waals surface area contributed by atoms with Crippen molar-refractivity contribution in [1.29, 1.82) is 0 Å². The summed E-state index contributed by atoms with van der Waals surface area (Å²) >= 11 is 3.35. The second kappa shape index (κ2) is 7.53. The average molecular weight is 424 g/mol. The van der Waals surface area contributed by atoms with Crippen LogP contribution >= 0.6 is 15.9 Å². The van der Waals surface area contributed by atoms with E-state index in [4.69, 9.17) is 4.74 Å². The van der Waals surface area contributed by atoms with E-state index in [0.29, 0.717) is 24.4 Å². The number of amides is 1. The Hall–Kier alpha value is -2.66. The third-order valence-corrected chi connectivity index (χ3v) is 5.21. The minimum atomic E-state index is -0.446. The van der Waals surface area contributed by atoms with Gasteiger partial charge in [0.2, 0.25) is 0 Å². The predicted molar refractivity (Wildman–Crippen MR) is 110 cm³/mol. The summed E-state index contributed by atoms with van der Waals surface area (Å²) in [6.07, 6.45) is 1.56.